The van der Waals surface area contributed by atoms with Gasteiger partial charge in [-0.15, -0.1) is 0 Å². The van der Waals surface area contributed by atoms with E-state index in [0.29, 0.717) is 32.4 Å². The van der Waals surface area contributed by atoms with Crippen LogP contribution in [0.1, 0.15) is 52.9 Å². The van der Waals surface area contributed by atoms with Gasteiger partial charge in [0.15, 0.2) is 0 Å². The second kappa shape index (κ2) is 8.34. The summed E-state index contributed by atoms with van der Waals surface area (Å²) in [6.07, 6.45) is 5.65. The third-order valence-electron chi connectivity index (χ3n) is 4.47. The lowest BCUT2D eigenvalue weighted by atomic mass is 9.93. The van der Waals surface area contributed by atoms with E-state index in [1.807, 2.05) is 20.8 Å². The summed E-state index contributed by atoms with van der Waals surface area (Å²) in [5.41, 5.74) is -0.563. The summed E-state index contributed by atoms with van der Waals surface area (Å²) < 4.78 is 18.3. The highest BCUT2D eigenvalue weighted by molar-refractivity contribution is 14.1. The maximum Gasteiger partial charge on any atom is 0.410 e. The molecule has 1 heterocycles. The SMILES string of the molecule is CC(C)(C)OC(=O)N1CCC(CI)(OCCOC2CCC2)CC1. The first-order valence-corrected chi connectivity index (χ1v) is 10.2. The van der Waals surface area contributed by atoms with E-state index in [9.17, 15) is 4.79 Å². The minimum absolute atomic E-state index is 0.123. The zero-order chi connectivity index (χ0) is 16.9. The number of halogens is 1. The normalized spacial score (nSPS) is 21.8. The van der Waals surface area contributed by atoms with Crippen molar-refractivity contribution in [3.63, 3.8) is 0 Å². The number of ether oxygens (including phenoxy) is 3. The number of rotatable bonds is 6. The molecule has 5 nitrogen and oxygen atoms in total. The third-order valence-corrected chi connectivity index (χ3v) is 5.86. The molecule has 0 spiro atoms. The van der Waals surface area contributed by atoms with Crippen LogP contribution in [0.25, 0.3) is 0 Å². The Balaban J connectivity index is 1.71. The predicted octanol–water partition coefficient (Wildman–Crippen LogP) is 3.78. The van der Waals surface area contributed by atoms with Crippen LogP contribution in [0.5, 0.6) is 0 Å². The highest BCUT2D eigenvalue weighted by Crippen LogP contribution is 2.30. The standard InChI is InChI=1S/C17H30INO4/c1-16(2,3)23-15(20)19-9-7-17(13-18,8-10-19)22-12-11-21-14-5-4-6-14/h14H,4-13H2,1-3H3. The number of amides is 1. The van der Waals surface area contributed by atoms with E-state index < -0.39 is 5.60 Å². The van der Waals surface area contributed by atoms with Crippen molar-refractivity contribution in [1.82, 2.24) is 4.90 Å². The lowest BCUT2D eigenvalue weighted by Gasteiger charge is -2.41. The number of alkyl halides is 1. The average molecular weight is 439 g/mol. The summed E-state index contributed by atoms with van der Waals surface area (Å²) in [7, 11) is 0. The molecule has 0 aromatic rings. The molecule has 0 aromatic heterocycles. The van der Waals surface area contributed by atoms with Crippen molar-refractivity contribution in [2.24, 2.45) is 0 Å². The fraction of sp³-hybridized carbons (Fsp3) is 0.941. The Labute approximate surface area is 153 Å². The monoisotopic (exact) mass is 439 g/mol. The molecule has 0 unspecified atom stereocenters. The first kappa shape index (κ1) is 19.2. The van der Waals surface area contributed by atoms with E-state index in [2.05, 4.69) is 22.6 Å². The van der Waals surface area contributed by atoms with Gasteiger partial charge in [0.05, 0.1) is 24.9 Å². The highest BCUT2D eigenvalue weighted by atomic mass is 127. The number of hydrogen-bond donors (Lipinski definition) is 0. The topological polar surface area (TPSA) is 48.0 Å². The van der Waals surface area contributed by atoms with Gasteiger partial charge in [-0.1, -0.05) is 22.6 Å². The van der Waals surface area contributed by atoms with E-state index >= 15 is 0 Å². The van der Waals surface area contributed by atoms with Crippen LogP contribution in [0.2, 0.25) is 0 Å². The average Bonchev–Trinajstić information content (AvgIpc) is 2.44. The largest absolute Gasteiger partial charge is 0.444 e. The summed E-state index contributed by atoms with van der Waals surface area (Å²) in [4.78, 5) is 13.9. The van der Waals surface area contributed by atoms with Crippen LogP contribution < -0.4 is 0 Å². The molecule has 0 radical (unpaired) electrons. The lowest BCUT2D eigenvalue weighted by molar-refractivity contribution is -0.0984. The van der Waals surface area contributed by atoms with Gasteiger partial charge in [-0.25, -0.2) is 4.79 Å². The molecule has 0 N–H and O–H groups in total. The lowest BCUT2D eigenvalue weighted by Crippen LogP contribution is -2.50. The molecule has 1 aliphatic carbocycles. The van der Waals surface area contributed by atoms with Crippen molar-refractivity contribution in [2.45, 2.75) is 70.2 Å². The molecule has 1 aliphatic heterocycles. The van der Waals surface area contributed by atoms with Gasteiger partial charge in [0.1, 0.15) is 5.60 Å². The summed E-state index contributed by atoms with van der Waals surface area (Å²) in [5, 5.41) is 0. The Morgan fingerprint density at radius 1 is 1.22 bits per heavy atom. The summed E-state index contributed by atoms with van der Waals surface area (Å²) >= 11 is 2.39. The van der Waals surface area contributed by atoms with Crippen molar-refractivity contribution in [3.05, 3.63) is 0 Å². The van der Waals surface area contributed by atoms with Gasteiger partial charge in [-0.05, 0) is 52.9 Å². The molecule has 1 amide bonds. The van der Waals surface area contributed by atoms with Crippen LogP contribution in [0, 0.1) is 0 Å². The van der Waals surface area contributed by atoms with Gasteiger partial charge in [0.2, 0.25) is 0 Å². The van der Waals surface area contributed by atoms with Crippen LogP contribution >= 0.6 is 22.6 Å². The quantitative estimate of drug-likeness (QED) is 0.359. The molecule has 134 valence electrons. The summed E-state index contributed by atoms with van der Waals surface area (Å²) in [5.74, 6) is 0. The minimum atomic E-state index is -0.440. The maximum absolute atomic E-state index is 12.1. The molecule has 1 saturated carbocycles. The molecule has 2 fully saturated rings. The maximum atomic E-state index is 12.1. The van der Waals surface area contributed by atoms with Crippen LogP contribution in [0.15, 0.2) is 0 Å². The Kier molecular flexibility index (Phi) is 6.98. The predicted molar refractivity (Wildman–Crippen MR) is 98.2 cm³/mol. The molecule has 0 aromatic carbocycles. The van der Waals surface area contributed by atoms with Crippen LogP contribution in [0.4, 0.5) is 4.79 Å². The van der Waals surface area contributed by atoms with E-state index in [0.717, 1.165) is 17.3 Å². The Morgan fingerprint density at radius 3 is 2.35 bits per heavy atom. The minimum Gasteiger partial charge on any atom is -0.444 e. The van der Waals surface area contributed by atoms with Gasteiger partial charge < -0.3 is 19.1 Å². The summed E-state index contributed by atoms with van der Waals surface area (Å²) in [6.45, 7) is 8.41. The smallest absolute Gasteiger partial charge is 0.410 e. The van der Waals surface area contributed by atoms with Gasteiger partial charge in [-0.3, -0.25) is 0 Å². The van der Waals surface area contributed by atoms with Crippen molar-refractivity contribution >= 4 is 28.7 Å². The van der Waals surface area contributed by atoms with Gasteiger partial charge in [0, 0.05) is 17.5 Å². The Bertz CT molecular complexity index is 385. The number of likely N-dealkylation sites (tertiary alicyclic amines) is 1. The zero-order valence-corrected chi connectivity index (χ0v) is 16.8. The number of nitrogens with zero attached hydrogens (tertiary/aromatic N) is 1. The highest BCUT2D eigenvalue weighted by Gasteiger charge is 2.37. The molecule has 2 rings (SSSR count). The van der Waals surface area contributed by atoms with Crippen LogP contribution in [-0.4, -0.2) is 59.0 Å². The van der Waals surface area contributed by atoms with Gasteiger partial charge in [-0.2, -0.15) is 0 Å². The molecular formula is C17H30INO4. The zero-order valence-electron chi connectivity index (χ0n) is 14.6. The van der Waals surface area contributed by atoms with E-state index in [1.165, 1.54) is 19.3 Å². The molecular weight excluding hydrogens is 409 g/mol. The first-order chi connectivity index (χ1) is 10.8. The van der Waals surface area contributed by atoms with Crippen LogP contribution in [0.3, 0.4) is 0 Å². The fourth-order valence-electron chi connectivity index (χ4n) is 2.75. The fourth-order valence-corrected chi connectivity index (χ4v) is 3.73. The van der Waals surface area contributed by atoms with Gasteiger partial charge in [0.25, 0.3) is 0 Å². The third kappa shape index (κ3) is 6.05. The van der Waals surface area contributed by atoms with Crippen molar-refractivity contribution in [1.29, 1.82) is 0 Å². The Morgan fingerprint density at radius 2 is 1.87 bits per heavy atom. The van der Waals surface area contributed by atoms with E-state index in [-0.39, 0.29) is 11.7 Å². The van der Waals surface area contributed by atoms with Crippen molar-refractivity contribution < 1.29 is 19.0 Å². The molecule has 2 aliphatic rings. The molecule has 0 atom stereocenters. The molecule has 1 saturated heterocycles. The molecule has 6 heteroatoms. The number of hydrogen-bond acceptors (Lipinski definition) is 4. The van der Waals surface area contributed by atoms with E-state index in [1.54, 1.807) is 4.90 Å². The molecule has 23 heavy (non-hydrogen) atoms. The second-order valence-electron chi connectivity index (χ2n) is 7.56. The first-order valence-electron chi connectivity index (χ1n) is 8.63. The Hall–Kier alpha value is -0.0800. The second-order valence-corrected chi connectivity index (χ2v) is 8.32. The van der Waals surface area contributed by atoms with Crippen molar-refractivity contribution in [2.75, 3.05) is 30.7 Å². The summed E-state index contributed by atoms with van der Waals surface area (Å²) in [6, 6.07) is 0. The molecule has 0 bridgehead atoms. The number of carbonyl (C=O) groups is 1. The van der Waals surface area contributed by atoms with E-state index in [4.69, 9.17) is 14.2 Å². The number of piperidine rings is 1. The van der Waals surface area contributed by atoms with Crippen molar-refractivity contribution in [3.8, 4) is 0 Å². The number of carbonyl (C=O) groups excluding carboxylic acids is 1. The van der Waals surface area contributed by atoms with Gasteiger partial charge >= 0.3 is 6.09 Å². The van der Waals surface area contributed by atoms with Crippen LogP contribution in [-0.2, 0) is 14.2 Å².